The Hall–Kier alpha value is -1.06. The van der Waals surface area contributed by atoms with Crippen molar-refractivity contribution in [3.05, 3.63) is 0 Å². The number of nitrogens with zero attached hydrogens (tertiary/aromatic N) is 1. The largest absolute Gasteiger partial charge is 0.444 e. The van der Waals surface area contributed by atoms with Gasteiger partial charge >= 0.3 is 12.3 Å². The number of carbonyl (C=O) groups excluding carboxylic acids is 1. The maximum absolute atomic E-state index is 11.9. The lowest BCUT2D eigenvalue weighted by atomic mass is 10.1. The maximum atomic E-state index is 11.9. The van der Waals surface area contributed by atoms with Crippen molar-refractivity contribution in [2.75, 3.05) is 32.7 Å². The number of halogens is 3. The summed E-state index contributed by atoms with van der Waals surface area (Å²) in [5.74, 6) is 0. The summed E-state index contributed by atoms with van der Waals surface area (Å²) in [6, 6.07) is 0.362. The molecule has 0 bridgehead atoms. The summed E-state index contributed by atoms with van der Waals surface area (Å²) < 4.78 is 40.8. The van der Waals surface area contributed by atoms with E-state index in [9.17, 15) is 18.0 Å². The summed E-state index contributed by atoms with van der Waals surface area (Å²) in [4.78, 5) is 12.8. The molecule has 6 nitrogen and oxygen atoms in total. The molecule has 154 valence electrons. The minimum atomic E-state index is -4.07. The second-order valence-corrected chi connectivity index (χ2v) is 7.90. The molecule has 0 aromatic rings. The van der Waals surface area contributed by atoms with Gasteiger partial charge in [0.05, 0.1) is 6.54 Å². The topological polar surface area (TPSA) is 79.6 Å². The average molecular weight is 382 g/mol. The van der Waals surface area contributed by atoms with Crippen molar-refractivity contribution in [1.29, 1.82) is 0 Å². The number of hydrogen-bond donors (Lipinski definition) is 3. The van der Waals surface area contributed by atoms with E-state index in [4.69, 9.17) is 10.5 Å². The number of alkyl carbamates (subject to hydrolysis) is 1. The Morgan fingerprint density at radius 3 is 2.15 bits per heavy atom. The molecule has 0 aromatic heterocycles. The Morgan fingerprint density at radius 2 is 1.69 bits per heavy atom. The second-order valence-electron chi connectivity index (χ2n) is 7.90. The average Bonchev–Trinajstić information content (AvgIpc) is 2.48. The van der Waals surface area contributed by atoms with Crippen LogP contribution in [0.15, 0.2) is 0 Å². The number of carbonyl (C=O) groups is 1. The molecule has 2 rings (SSSR count). The Kier molecular flexibility index (Phi) is 9.12. The lowest BCUT2D eigenvalue weighted by Gasteiger charge is -2.30. The van der Waals surface area contributed by atoms with Crippen LogP contribution in [0.25, 0.3) is 0 Å². The van der Waals surface area contributed by atoms with Crippen LogP contribution in [-0.2, 0) is 4.74 Å². The third-order valence-electron chi connectivity index (χ3n) is 4.10. The van der Waals surface area contributed by atoms with Crippen LogP contribution in [0.5, 0.6) is 0 Å². The van der Waals surface area contributed by atoms with Gasteiger partial charge in [0.2, 0.25) is 0 Å². The Balaban J connectivity index is 0.000000263. The van der Waals surface area contributed by atoms with Crippen LogP contribution in [0, 0.1) is 0 Å². The number of piperidine rings is 2. The summed E-state index contributed by atoms with van der Waals surface area (Å²) in [5.41, 5.74) is 5.15. The summed E-state index contributed by atoms with van der Waals surface area (Å²) in [5, 5.41) is 6.12. The molecule has 0 aromatic carbocycles. The van der Waals surface area contributed by atoms with E-state index in [1.807, 2.05) is 20.8 Å². The zero-order valence-electron chi connectivity index (χ0n) is 16.0. The van der Waals surface area contributed by atoms with Gasteiger partial charge in [-0.1, -0.05) is 0 Å². The van der Waals surface area contributed by atoms with Crippen molar-refractivity contribution in [1.82, 2.24) is 15.5 Å². The quantitative estimate of drug-likeness (QED) is 0.683. The van der Waals surface area contributed by atoms with E-state index in [2.05, 4.69) is 10.6 Å². The highest BCUT2D eigenvalue weighted by atomic mass is 19.4. The first-order valence-electron chi connectivity index (χ1n) is 9.19. The van der Waals surface area contributed by atoms with Gasteiger partial charge in [-0.2, -0.15) is 13.2 Å². The number of hydrogen-bond acceptors (Lipinski definition) is 5. The number of likely N-dealkylation sites (tertiary alicyclic amines) is 1. The van der Waals surface area contributed by atoms with E-state index >= 15 is 0 Å². The van der Waals surface area contributed by atoms with E-state index in [1.165, 1.54) is 4.90 Å². The van der Waals surface area contributed by atoms with E-state index < -0.39 is 18.3 Å². The maximum Gasteiger partial charge on any atom is 0.407 e. The van der Waals surface area contributed by atoms with Crippen LogP contribution in [-0.4, -0.2) is 67.6 Å². The first-order chi connectivity index (χ1) is 11.9. The van der Waals surface area contributed by atoms with Gasteiger partial charge in [0.1, 0.15) is 5.60 Å². The Labute approximate surface area is 154 Å². The van der Waals surface area contributed by atoms with Gasteiger partial charge in [-0.3, -0.25) is 4.90 Å². The van der Waals surface area contributed by atoms with Gasteiger partial charge in [0.15, 0.2) is 0 Å². The third-order valence-corrected chi connectivity index (χ3v) is 4.10. The molecular weight excluding hydrogens is 349 g/mol. The molecule has 2 fully saturated rings. The van der Waals surface area contributed by atoms with Crippen molar-refractivity contribution >= 4 is 6.09 Å². The van der Waals surface area contributed by atoms with Gasteiger partial charge in [-0.05, 0) is 72.6 Å². The molecule has 0 spiro atoms. The molecule has 0 atom stereocenters. The zero-order valence-corrected chi connectivity index (χ0v) is 16.0. The van der Waals surface area contributed by atoms with Crippen molar-refractivity contribution in [2.45, 2.75) is 70.3 Å². The van der Waals surface area contributed by atoms with Gasteiger partial charge in [-0.15, -0.1) is 0 Å². The minimum absolute atomic E-state index is 0.0921. The normalized spacial score (nSPS) is 20.9. The molecule has 0 aliphatic carbocycles. The smallest absolute Gasteiger partial charge is 0.407 e. The molecule has 2 saturated heterocycles. The highest BCUT2D eigenvalue weighted by Gasteiger charge is 2.31. The monoisotopic (exact) mass is 382 g/mol. The number of ether oxygens (including phenoxy) is 1. The van der Waals surface area contributed by atoms with E-state index in [0.717, 1.165) is 25.9 Å². The van der Waals surface area contributed by atoms with Crippen LogP contribution >= 0.6 is 0 Å². The van der Waals surface area contributed by atoms with Gasteiger partial charge in [0.25, 0.3) is 0 Å². The fourth-order valence-corrected chi connectivity index (χ4v) is 2.81. The summed E-state index contributed by atoms with van der Waals surface area (Å²) in [7, 11) is 0. The molecule has 4 N–H and O–H groups in total. The van der Waals surface area contributed by atoms with E-state index in [-0.39, 0.29) is 18.2 Å². The van der Waals surface area contributed by atoms with Crippen LogP contribution < -0.4 is 16.4 Å². The lowest BCUT2D eigenvalue weighted by molar-refractivity contribution is -0.147. The standard InChI is InChI=1S/C10H20N2O2.C7H13F3N2/c1-10(2,3)14-9(13)12-8-4-6-11-7-5-8;8-7(9,10)5-12-3-1-6(11)2-4-12/h8,11H,4-7H2,1-3H3,(H,12,13);6H,1-5,11H2. The molecule has 9 heteroatoms. The van der Waals surface area contributed by atoms with Crippen molar-refractivity contribution in [3.63, 3.8) is 0 Å². The molecule has 0 unspecified atom stereocenters. The van der Waals surface area contributed by atoms with E-state index in [0.29, 0.717) is 25.9 Å². The van der Waals surface area contributed by atoms with Crippen LogP contribution in [0.3, 0.4) is 0 Å². The number of alkyl halides is 3. The molecule has 2 aliphatic heterocycles. The van der Waals surface area contributed by atoms with Crippen LogP contribution in [0.1, 0.15) is 46.5 Å². The zero-order chi connectivity index (χ0) is 19.8. The molecular formula is C17H33F3N4O2. The highest BCUT2D eigenvalue weighted by Crippen LogP contribution is 2.19. The minimum Gasteiger partial charge on any atom is -0.444 e. The predicted octanol–water partition coefficient (Wildman–Crippen LogP) is 2.23. The molecule has 0 saturated carbocycles. The van der Waals surface area contributed by atoms with Crippen molar-refractivity contribution < 1.29 is 22.7 Å². The first kappa shape index (κ1) is 23.0. The molecule has 1 amide bonds. The van der Waals surface area contributed by atoms with Gasteiger partial charge in [0, 0.05) is 12.1 Å². The molecule has 26 heavy (non-hydrogen) atoms. The van der Waals surface area contributed by atoms with Gasteiger partial charge < -0.3 is 21.1 Å². The highest BCUT2D eigenvalue weighted by molar-refractivity contribution is 5.68. The third kappa shape index (κ3) is 11.5. The SMILES string of the molecule is CC(C)(C)OC(=O)NC1CCNCC1.NC1CCN(CC(F)(F)F)CC1. The fraction of sp³-hybridized carbons (Fsp3) is 0.941. The first-order valence-corrected chi connectivity index (χ1v) is 9.19. The Morgan fingerprint density at radius 1 is 1.15 bits per heavy atom. The predicted molar refractivity (Wildman–Crippen MR) is 95.0 cm³/mol. The molecule has 2 heterocycles. The molecule has 0 radical (unpaired) electrons. The van der Waals surface area contributed by atoms with Gasteiger partial charge in [-0.25, -0.2) is 4.79 Å². The van der Waals surface area contributed by atoms with Crippen molar-refractivity contribution in [3.8, 4) is 0 Å². The van der Waals surface area contributed by atoms with E-state index in [1.54, 1.807) is 0 Å². The number of nitrogens with one attached hydrogen (secondary N) is 2. The number of rotatable bonds is 2. The summed E-state index contributed by atoms with van der Waals surface area (Å²) in [6.07, 6.45) is -1.05. The van der Waals surface area contributed by atoms with Crippen LogP contribution in [0.2, 0.25) is 0 Å². The van der Waals surface area contributed by atoms with Crippen LogP contribution in [0.4, 0.5) is 18.0 Å². The lowest BCUT2D eigenvalue weighted by Crippen LogP contribution is -2.44. The van der Waals surface area contributed by atoms with Crippen molar-refractivity contribution in [2.24, 2.45) is 5.73 Å². The number of nitrogens with two attached hydrogens (primary N) is 1. The fourth-order valence-electron chi connectivity index (χ4n) is 2.81. The Bertz CT molecular complexity index is 413. The number of amides is 1. The summed E-state index contributed by atoms with van der Waals surface area (Å²) in [6.45, 7) is 7.71. The molecule has 2 aliphatic rings. The second kappa shape index (κ2) is 10.3. The summed E-state index contributed by atoms with van der Waals surface area (Å²) >= 11 is 0.